The molecule has 0 radical (unpaired) electrons. The Bertz CT molecular complexity index is 359. The van der Waals surface area contributed by atoms with Crippen LogP contribution in [0.15, 0.2) is 24.3 Å². The van der Waals surface area contributed by atoms with E-state index in [-0.39, 0.29) is 0 Å². The largest absolute Gasteiger partial charge is 0.381 e. The van der Waals surface area contributed by atoms with Crippen LogP contribution in [0, 0.1) is 5.92 Å². The Morgan fingerprint density at radius 1 is 1.18 bits per heavy atom. The molecule has 0 bridgehead atoms. The van der Waals surface area contributed by atoms with Gasteiger partial charge in [-0.3, -0.25) is 0 Å². The van der Waals surface area contributed by atoms with Crippen molar-refractivity contribution in [2.24, 2.45) is 5.92 Å². The monoisotopic (exact) mass is 234 g/mol. The lowest BCUT2D eigenvalue weighted by molar-refractivity contribution is 0.186. The van der Waals surface area contributed by atoms with Crippen LogP contribution in [-0.2, 0) is 4.74 Å². The molecule has 1 saturated heterocycles. The quantitative estimate of drug-likeness (QED) is 0.794. The number of anilines is 2. The fourth-order valence-electron chi connectivity index (χ4n) is 2.38. The van der Waals surface area contributed by atoms with E-state index in [1.165, 1.54) is 17.8 Å². The Labute approximate surface area is 104 Å². The molecule has 94 valence electrons. The average Bonchev–Trinajstić information content (AvgIpc) is 2.81. The smallest absolute Gasteiger partial charge is 0.0601 e. The van der Waals surface area contributed by atoms with Gasteiger partial charge in [-0.2, -0.15) is 0 Å². The van der Waals surface area contributed by atoms with Gasteiger partial charge in [0.05, 0.1) is 18.0 Å². The third-order valence-corrected chi connectivity index (χ3v) is 3.33. The number of rotatable bonds is 4. The molecule has 3 nitrogen and oxygen atoms in total. The van der Waals surface area contributed by atoms with Crippen molar-refractivity contribution in [3.05, 3.63) is 24.3 Å². The molecule has 1 aliphatic rings. The maximum absolute atomic E-state index is 5.43. The highest BCUT2D eigenvalue weighted by molar-refractivity contribution is 5.70. The van der Waals surface area contributed by atoms with Crippen LogP contribution >= 0.6 is 0 Å². The third kappa shape index (κ3) is 2.91. The molecule has 1 aliphatic heterocycles. The standard InChI is InChI=1S/C14H22N2O/c1-15(2)13-6-4-5-7-14(13)16(3)10-12-8-9-17-11-12/h4-7,12H,8-11H2,1-3H3/t12-/m0/s1. The van der Waals surface area contributed by atoms with E-state index in [4.69, 9.17) is 4.74 Å². The summed E-state index contributed by atoms with van der Waals surface area (Å²) in [5.74, 6) is 0.676. The molecule has 1 aromatic rings. The van der Waals surface area contributed by atoms with E-state index in [2.05, 4.69) is 55.2 Å². The van der Waals surface area contributed by atoms with Gasteiger partial charge < -0.3 is 14.5 Å². The summed E-state index contributed by atoms with van der Waals surface area (Å²) in [6.45, 7) is 2.91. The van der Waals surface area contributed by atoms with Crippen molar-refractivity contribution in [1.82, 2.24) is 0 Å². The Hall–Kier alpha value is -1.22. The average molecular weight is 234 g/mol. The highest BCUT2D eigenvalue weighted by atomic mass is 16.5. The molecule has 0 unspecified atom stereocenters. The third-order valence-electron chi connectivity index (χ3n) is 3.33. The topological polar surface area (TPSA) is 15.7 Å². The van der Waals surface area contributed by atoms with Crippen LogP contribution in [0.5, 0.6) is 0 Å². The summed E-state index contributed by atoms with van der Waals surface area (Å²) in [5.41, 5.74) is 2.57. The Kier molecular flexibility index (Phi) is 3.89. The SMILES string of the molecule is CN(C)c1ccccc1N(C)C[C@@H]1CCOC1. The Morgan fingerprint density at radius 2 is 1.88 bits per heavy atom. The minimum absolute atomic E-state index is 0.676. The number of ether oxygens (including phenoxy) is 1. The maximum atomic E-state index is 5.43. The molecule has 0 N–H and O–H groups in total. The lowest BCUT2D eigenvalue weighted by Crippen LogP contribution is -2.27. The minimum Gasteiger partial charge on any atom is -0.381 e. The number of nitrogens with zero attached hydrogens (tertiary/aromatic N) is 2. The number of hydrogen-bond acceptors (Lipinski definition) is 3. The molecule has 1 aromatic carbocycles. The van der Waals surface area contributed by atoms with E-state index in [0.717, 1.165) is 19.8 Å². The van der Waals surface area contributed by atoms with Gasteiger partial charge in [0.15, 0.2) is 0 Å². The normalized spacial score (nSPS) is 19.4. The zero-order valence-corrected chi connectivity index (χ0v) is 11.0. The predicted molar refractivity (Wildman–Crippen MR) is 73.0 cm³/mol. The number of para-hydroxylation sites is 2. The molecule has 3 heteroatoms. The Balaban J connectivity index is 2.09. The van der Waals surface area contributed by atoms with E-state index in [1.54, 1.807) is 0 Å². The molecule has 1 fully saturated rings. The molecule has 0 saturated carbocycles. The summed E-state index contributed by atoms with van der Waals surface area (Å²) in [6, 6.07) is 8.54. The van der Waals surface area contributed by atoms with Crippen LogP contribution in [0.3, 0.4) is 0 Å². The van der Waals surface area contributed by atoms with Gasteiger partial charge in [-0.15, -0.1) is 0 Å². The van der Waals surface area contributed by atoms with E-state index in [0.29, 0.717) is 5.92 Å². The molecular weight excluding hydrogens is 212 g/mol. The molecule has 1 heterocycles. The second-order valence-corrected chi connectivity index (χ2v) is 4.99. The van der Waals surface area contributed by atoms with E-state index >= 15 is 0 Å². The first-order valence-electron chi connectivity index (χ1n) is 6.23. The lowest BCUT2D eigenvalue weighted by Gasteiger charge is -2.27. The minimum atomic E-state index is 0.676. The van der Waals surface area contributed by atoms with E-state index < -0.39 is 0 Å². The summed E-state index contributed by atoms with van der Waals surface area (Å²) in [6.07, 6.45) is 1.19. The maximum Gasteiger partial charge on any atom is 0.0601 e. The zero-order chi connectivity index (χ0) is 12.3. The fraction of sp³-hybridized carbons (Fsp3) is 0.571. The van der Waals surface area contributed by atoms with Crippen LogP contribution < -0.4 is 9.80 Å². The van der Waals surface area contributed by atoms with Gasteiger partial charge in [-0.25, -0.2) is 0 Å². The Morgan fingerprint density at radius 3 is 2.47 bits per heavy atom. The highest BCUT2D eigenvalue weighted by Crippen LogP contribution is 2.28. The first kappa shape index (κ1) is 12.2. The summed E-state index contributed by atoms with van der Waals surface area (Å²) < 4.78 is 5.43. The number of hydrogen-bond donors (Lipinski definition) is 0. The van der Waals surface area contributed by atoms with Gasteiger partial charge in [0.2, 0.25) is 0 Å². The highest BCUT2D eigenvalue weighted by Gasteiger charge is 2.18. The van der Waals surface area contributed by atoms with Gasteiger partial charge in [0.25, 0.3) is 0 Å². The van der Waals surface area contributed by atoms with Crippen molar-refractivity contribution in [2.75, 3.05) is 50.7 Å². The molecule has 0 spiro atoms. The van der Waals surface area contributed by atoms with E-state index in [1.807, 2.05) is 0 Å². The summed E-state index contributed by atoms with van der Waals surface area (Å²) in [4.78, 5) is 4.51. The number of benzene rings is 1. The molecule has 0 amide bonds. The van der Waals surface area contributed by atoms with Gasteiger partial charge >= 0.3 is 0 Å². The van der Waals surface area contributed by atoms with Crippen molar-refractivity contribution >= 4 is 11.4 Å². The first-order valence-corrected chi connectivity index (χ1v) is 6.23. The molecule has 0 aromatic heterocycles. The van der Waals surface area contributed by atoms with Crippen molar-refractivity contribution in [1.29, 1.82) is 0 Å². The van der Waals surface area contributed by atoms with Crippen molar-refractivity contribution in [3.8, 4) is 0 Å². The molecule has 0 aliphatic carbocycles. The van der Waals surface area contributed by atoms with Crippen molar-refractivity contribution in [3.63, 3.8) is 0 Å². The van der Waals surface area contributed by atoms with Crippen LogP contribution in [0.4, 0.5) is 11.4 Å². The molecule has 1 atom stereocenters. The summed E-state index contributed by atoms with van der Waals surface area (Å²) in [7, 11) is 6.34. The van der Waals surface area contributed by atoms with Crippen molar-refractivity contribution < 1.29 is 4.74 Å². The van der Waals surface area contributed by atoms with Crippen LogP contribution in [0.1, 0.15) is 6.42 Å². The molecule has 2 rings (SSSR count). The zero-order valence-electron chi connectivity index (χ0n) is 11.0. The molecular formula is C14H22N2O. The van der Waals surface area contributed by atoms with Crippen LogP contribution in [0.25, 0.3) is 0 Å². The first-order chi connectivity index (χ1) is 8.18. The molecule has 17 heavy (non-hydrogen) atoms. The second kappa shape index (κ2) is 5.41. The van der Waals surface area contributed by atoms with E-state index in [9.17, 15) is 0 Å². The fourth-order valence-corrected chi connectivity index (χ4v) is 2.38. The van der Waals surface area contributed by atoms with Gasteiger partial charge in [-0.1, -0.05) is 12.1 Å². The van der Waals surface area contributed by atoms with Crippen molar-refractivity contribution in [2.45, 2.75) is 6.42 Å². The summed E-state index contributed by atoms with van der Waals surface area (Å²) in [5, 5.41) is 0. The second-order valence-electron chi connectivity index (χ2n) is 4.99. The predicted octanol–water partition coefficient (Wildman–Crippen LogP) is 2.23. The van der Waals surface area contributed by atoms with Crippen LogP contribution in [-0.4, -0.2) is 40.9 Å². The lowest BCUT2D eigenvalue weighted by atomic mass is 10.1. The van der Waals surface area contributed by atoms with Gasteiger partial charge in [0, 0.05) is 40.2 Å². The van der Waals surface area contributed by atoms with Crippen LogP contribution in [0.2, 0.25) is 0 Å². The summed E-state index contributed by atoms with van der Waals surface area (Å²) >= 11 is 0. The van der Waals surface area contributed by atoms with Gasteiger partial charge in [-0.05, 0) is 18.6 Å². The van der Waals surface area contributed by atoms with Gasteiger partial charge in [0.1, 0.15) is 0 Å².